The van der Waals surface area contributed by atoms with Crippen LogP contribution in [0.15, 0.2) is 17.0 Å². The molecule has 110 valence electrons. The van der Waals surface area contributed by atoms with Gasteiger partial charge in [-0.15, -0.1) is 22.3 Å². The minimum absolute atomic E-state index is 0.109. The molecular weight excluding hydrogens is 300 g/mol. The smallest absolute Gasteiger partial charge is 0.241 e. The first-order valence-electron chi connectivity index (χ1n) is 5.46. The Bertz CT molecular complexity index is 537. The van der Waals surface area contributed by atoms with Crippen molar-refractivity contribution in [2.75, 3.05) is 10.8 Å². The fourth-order valence-corrected chi connectivity index (χ4v) is 2.40. The minimum atomic E-state index is -4.32. The number of anilines is 1. The Morgan fingerprint density at radius 1 is 1.40 bits per heavy atom. The molecule has 2 amide bonds. The summed E-state index contributed by atoms with van der Waals surface area (Å²) in [7, 11) is 0. The Kier molecular flexibility index (Phi) is 4.06. The molecule has 0 spiro atoms. The molecule has 1 aromatic rings. The van der Waals surface area contributed by atoms with Crippen LogP contribution in [-0.2, 0) is 0 Å². The lowest BCUT2D eigenvalue weighted by molar-refractivity contribution is -0.704. The van der Waals surface area contributed by atoms with E-state index in [4.69, 9.17) is 0 Å². The van der Waals surface area contributed by atoms with Crippen LogP contribution < -0.4 is 21.5 Å². The van der Waals surface area contributed by atoms with Gasteiger partial charge in [-0.05, 0) is 24.6 Å². The Morgan fingerprint density at radius 3 is 2.65 bits per heavy atom. The number of halogens is 4. The number of alkyl halides is 3. The zero-order chi connectivity index (χ0) is 14.9. The number of hydrogen-bond donors (Lipinski definition) is 3. The lowest BCUT2D eigenvalue weighted by Crippen LogP contribution is -2.98. The lowest BCUT2D eigenvalue weighted by atomic mass is 10.2. The van der Waals surface area contributed by atoms with Gasteiger partial charge in [0.15, 0.2) is 5.82 Å². The third-order valence-corrected chi connectivity index (χ3v) is 3.71. The number of thioether (sulfide) groups is 1. The molecule has 0 saturated carbocycles. The molecule has 4 N–H and O–H groups in total. The number of nitrogens with two attached hydrogens (primary N) is 1. The maximum atomic E-state index is 13.8. The van der Waals surface area contributed by atoms with Gasteiger partial charge in [-0.2, -0.15) is 13.2 Å². The van der Waals surface area contributed by atoms with E-state index < -0.39 is 23.8 Å². The quantitative estimate of drug-likeness (QED) is 0.340. The van der Waals surface area contributed by atoms with Gasteiger partial charge in [0.25, 0.3) is 0 Å². The molecule has 1 aliphatic heterocycles. The van der Waals surface area contributed by atoms with Crippen molar-refractivity contribution in [3.8, 4) is 0 Å². The summed E-state index contributed by atoms with van der Waals surface area (Å²) in [5, 5.41) is 0.951. The Morgan fingerprint density at radius 2 is 2.10 bits per heavy atom. The lowest BCUT2D eigenvalue weighted by Gasteiger charge is -2.14. The normalized spacial score (nSPS) is 15.7. The highest BCUT2D eigenvalue weighted by atomic mass is 32.2. The van der Waals surface area contributed by atoms with Gasteiger partial charge in [-0.25, -0.2) is 14.6 Å². The number of aryl methyl sites for hydroxylation is 1. The fraction of sp³-hybridized carbons (Fsp3) is 0.300. The molecule has 1 fully saturated rings. The predicted molar refractivity (Wildman–Crippen MR) is 64.0 cm³/mol. The number of carbonyl (C=O) groups is 1. The van der Waals surface area contributed by atoms with Gasteiger partial charge in [0, 0.05) is 4.90 Å². The van der Waals surface area contributed by atoms with Gasteiger partial charge in [0.1, 0.15) is 5.69 Å². The van der Waals surface area contributed by atoms with E-state index in [0.717, 1.165) is 11.1 Å². The number of hydrogen-bond acceptors (Lipinski definition) is 3. The predicted octanol–water partition coefficient (Wildman–Crippen LogP) is 1.22. The van der Waals surface area contributed by atoms with Crippen molar-refractivity contribution in [1.82, 2.24) is 11.0 Å². The van der Waals surface area contributed by atoms with Crippen LogP contribution in [0.2, 0.25) is 0 Å². The fourth-order valence-electron chi connectivity index (χ4n) is 1.60. The van der Waals surface area contributed by atoms with E-state index in [2.05, 4.69) is 11.0 Å². The number of rotatable bonds is 3. The molecule has 2 rings (SSSR count). The summed E-state index contributed by atoms with van der Waals surface area (Å²) in [6.45, 7) is 1.51. The Labute approximate surface area is 115 Å². The van der Waals surface area contributed by atoms with Crippen LogP contribution >= 0.6 is 11.8 Å². The largest absolute Gasteiger partial charge is 0.398 e. The molecule has 0 radical (unpaired) electrons. The summed E-state index contributed by atoms with van der Waals surface area (Å²) < 4.78 is 50.5. The van der Waals surface area contributed by atoms with Gasteiger partial charge < -0.3 is 0 Å². The highest BCUT2D eigenvalue weighted by Crippen LogP contribution is 2.33. The third kappa shape index (κ3) is 3.32. The monoisotopic (exact) mass is 311 g/mol. The van der Waals surface area contributed by atoms with E-state index in [9.17, 15) is 22.4 Å². The summed E-state index contributed by atoms with van der Waals surface area (Å²) in [6, 6.07) is 1.72. The van der Waals surface area contributed by atoms with Crippen LogP contribution in [0.5, 0.6) is 0 Å². The zero-order valence-electron chi connectivity index (χ0n) is 10.2. The minimum Gasteiger partial charge on any atom is -0.241 e. The second-order valence-corrected chi connectivity index (χ2v) is 5.06. The Hall–Kier alpha value is -1.52. The van der Waals surface area contributed by atoms with Gasteiger partial charge in [0.05, 0.1) is 5.75 Å². The maximum Gasteiger partial charge on any atom is 0.398 e. The van der Waals surface area contributed by atoms with Crippen LogP contribution in [0.25, 0.3) is 0 Å². The van der Waals surface area contributed by atoms with E-state index in [1.165, 1.54) is 18.5 Å². The molecule has 0 aliphatic carbocycles. The summed E-state index contributed by atoms with van der Waals surface area (Å²) in [5.41, 5.74) is 6.06. The topological polar surface area (TPSA) is 61.0 Å². The van der Waals surface area contributed by atoms with Gasteiger partial charge in [-0.1, -0.05) is 5.53 Å². The molecule has 10 heteroatoms. The number of amides is 2. The van der Waals surface area contributed by atoms with E-state index in [1.54, 1.807) is 0 Å². The highest BCUT2D eigenvalue weighted by Gasteiger charge is 2.31. The van der Waals surface area contributed by atoms with Crippen molar-refractivity contribution in [3.05, 3.63) is 23.5 Å². The molecule has 5 nitrogen and oxygen atoms in total. The van der Waals surface area contributed by atoms with Crippen molar-refractivity contribution in [3.63, 3.8) is 0 Å². The summed E-state index contributed by atoms with van der Waals surface area (Å²) in [6.07, 6.45) is -4.32. The molecule has 0 unspecified atom stereocenters. The van der Waals surface area contributed by atoms with Gasteiger partial charge in [-0.3, -0.25) is 0 Å². The van der Waals surface area contributed by atoms with E-state index in [-0.39, 0.29) is 10.6 Å². The average Bonchev–Trinajstić information content (AvgIpc) is 2.73. The van der Waals surface area contributed by atoms with Crippen molar-refractivity contribution in [2.45, 2.75) is 18.0 Å². The zero-order valence-corrected chi connectivity index (χ0v) is 11.0. The van der Waals surface area contributed by atoms with Crippen molar-refractivity contribution in [1.29, 1.82) is 0 Å². The third-order valence-electron chi connectivity index (χ3n) is 2.49. The number of hydrazine groups is 1. The second kappa shape index (κ2) is 5.46. The standard InChI is InChI=1S/C10H10F4N4OS/c1-5-2-6(11)7(18-9(19)15-16-17-18)3-8(5)20-4-10(12,13)14/h2-3,16-17H,4H2,1H3,(H,15,19)/p+1. The van der Waals surface area contributed by atoms with E-state index >= 15 is 0 Å². The SMILES string of the molecule is Cc1cc(F)c(N2[NH2+]NNC2=O)cc1SCC(F)(F)F. The van der Waals surface area contributed by atoms with Crippen molar-refractivity contribution >= 4 is 23.5 Å². The summed E-state index contributed by atoms with van der Waals surface area (Å²) in [4.78, 5) is 11.7. The van der Waals surface area contributed by atoms with Crippen LogP contribution in [-0.4, -0.2) is 18.0 Å². The number of quaternary nitrogens is 1. The first-order valence-corrected chi connectivity index (χ1v) is 6.44. The number of nitrogens with zero attached hydrogens (tertiary/aromatic N) is 1. The molecule has 1 aromatic carbocycles. The molecular formula is C10H11F4N4OS+. The first-order chi connectivity index (χ1) is 9.28. The van der Waals surface area contributed by atoms with E-state index in [1.807, 2.05) is 0 Å². The molecule has 1 heterocycles. The number of urea groups is 1. The summed E-state index contributed by atoms with van der Waals surface area (Å²) in [5.74, 6) is -1.76. The van der Waals surface area contributed by atoms with Gasteiger partial charge in [0.2, 0.25) is 0 Å². The van der Waals surface area contributed by atoms with Crippen LogP contribution in [0, 0.1) is 12.7 Å². The molecule has 20 heavy (non-hydrogen) atoms. The molecule has 0 aromatic heterocycles. The Balaban J connectivity index is 2.27. The van der Waals surface area contributed by atoms with Crippen LogP contribution in [0.4, 0.5) is 28.0 Å². The van der Waals surface area contributed by atoms with Crippen LogP contribution in [0.1, 0.15) is 5.56 Å². The number of benzene rings is 1. The molecule has 1 aliphatic rings. The number of nitrogens with one attached hydrogen (secondary N) is 2. The molecule has 1 saturated heterocycles. The second-order valence-electron chi connectivity index (χ2n) is 4.05. The average molecular weight is 311 g/mol. The first kappa shape index (κ1) is 14.9. The van der Waals surface area contributed by atoms with Gasteiger partial charge >= 0.3 is 12.2 Å². The summed E-state index contributed by atoms with van der Waals surface area (Å²) >= 11 is 0.553. The number of carbonyl (C=O) groups excluding carboxylic acids is 1. The maximum absolute atomic E-state index is 13.8. The molecule has 0 atom stereocenters. The molecule has 0 bridgehead atoms. The van der Waals surface area contributed by atoms with Crippen molar-refractivity contribution < 1.29 is 27.9 Å². The van der Waals surface area contributed by atoms with Crippen molar-refractivity contribution in [2.24, 2.45) is 0 Å². The van der Waals surface area contributed by atoms with Crippen LogP contribution in [0.3, 0.4) is 0 Å². The highest BCUT2D eigenvalue weighted by molar-refractivity contribution is 7.99. The van der Waals surface area contributed by atoms with E-state index in [0.29, 0.717) is 17.3 Å².